The molecule has 0 bridgehead atoms. The van der Waals surface area contributed by atoms with Crippen LogP contribution in [0.2, 0.25) is 0 Å². The first-order valence-electron chi connectivity index (χ1n) is 6.02. The highest BCUT2D eigenvalue weighted by Crippen LogP contribution is 2.13. The van der Waals surface area contributed by atoms with Crippen LogP contribution in [0.5, 0.6) is 0 Å². The molecule has 1 amide bonds. The minimum absolute atomic E-state index is 0.0284. The lowest BCUT2D eigenvalue weighted by molar-refractivity contribution is 0.0678. The summed E-state index contributed by atoms with van der Waals surface area (Å²) in [6, 6.07) is 1.98. The molecule has 0 spiro atoms. The Balaban J connectivity index is 2.85. The molecule has 1 aromatic rings. The number of hydrogen-bond donors (Lipinski definition) is 0. The van der Waals surface area contributed by atoms with E-state index in [2.05, 4.69) is 32.7 Å². The SMILES string of the molecule is CCN(C(=O)c1cncc(Br)c1)C(C)CN(C)C. The maximum atomic E-state index is 12.4. The zero-order valence-electron chi connectivity index (χ0n) is 11.4. The third kappa shape index (κ3) is 4.07. The molecular weight excluding hydrogens is 294 g/mol. The lowest BCUT2D eigenvalue weighted by Gasteiger charge is -2.30. The fraction of sp³-hybridized carbons (Fsp3) is 0.538. The number of hydrogen-bond acceptors (Lipinski definition) is 3. The maximum Gasteiger partial charge on any atom is 0.255 e. The summed E-state index contributed by atoms with van der Waals surface area (Å²) in [5.41, 5.74) is 0.622. The molecule has 0 aliphatic rings. The number of rotatable bonds is 5. The number of likely N-dealkylation sites (N-methyl/N-ethyl adjacent to an activating group) is 2. The quantitative estimate of drug-likeness (QED) is 0.836. The van der Waals surface area contributed by atoms with Crippen LogP contribution in [0.25, 0.3) is 0 Å². The standard InChI is InChI=1S/C13H20BrN3O/c1-5-17(10(2)9-16(3)4)13(18)11-6-12(14)8-15-7-11/h6-8,10H,5,9H2,1-4H3. The molecule has 18 heavy (non-hydrogen) atoms. The van der Waals surface area contributed by atoms with Crippen LogP contribution >= 0.6 is 15.9 Å². The molecule has 0 aliphatic carbocycles. The van der Waals surface area contributed by atoms with E-state index >= 15 is 0 Å². The van der Waals surface area contributed by atoms with Gasteiger partial charge < -0.3 is 9.80 Å². The monoisotopic (exact) mass is 313 g/mol. The largest absolute Gasteiger partial charge is 0.335 e. The van der Waals surface area contributed by atoms with Crippen LogP contribution in [-0.4, -0.2) is 53.9 Å². The molecule has 1 atom stereocenters. The molecule has 0 N–H and O–H groups in total. The molecule has 1 aromatic heterocycles. The van der Waals surface area contributed by atoms with E-state index in [1.54, 1.807) is 18.5 Å². The second-order valence-corrected chi connectivity index (χ2v) is 5.51. The van der Waals surface area contributed by atoms with E-state index in [4.69, 9.17) is 0 Å². The summed E-state index contributed by atoms with van der Waals surface area (Å²) in [6.45, 7) is 5.60. The molecule has 1 heterocycles. The highest BCUT2D eigenvalue weighted by Gasteiger charge is 2.20. The Morgan fingerprint density at radius 1 is 1.44 bits per heavy atom. The van der Waals surface area contributed by atoms with Crippen LogP contribution in [0.15, 0.2) is 22.9 Å². The van der Waals surface area contributed by atoms with Gasteiger partial charge in [0.2, 0.25) is 0 Å². The van der Waals surface area contributed by atoms with Crippen LogP contribution in [0.3, 0.4) is 0 Å². The third-order valence-corrected chi connectivity index (χ3v) is 3.15. The molecule has 100 valence electrons. The number of halogens is 1. The zero-order chi connectivity index (χ0) is 13.7. The van der Waals surface area contributed by atoms with Crippen molar-refractivity contribution in [3.63, 3.8) is 0 Å². The molecule has 0 saturated carbocycles. The third-order valence-electron chi connectivity index (χ3n) is 2.71. The topological polar surface area (TPSA) is 36.4 Å². The number of pyridine rings is 1. The van der Waals surface area contributed by atoms with Crippen molar-refractivity contribution in [2.45, 2.75) is 19.9 Å². The Kier molecular flexibility index (Phi) is 5.75. The first-order valence-corrected chi connectivity index (χ1v) is 6.81. The summed E-state index contributed by atoms with van der Waals surface area (Å²) < 4.78 is 0.824. The summed E-state index contributed by atoms with van der Waals surface area (Å²) in [5, 5.41) is 0. The second kappa shape index (κ2) is 6.85. The Morgan fingerprint density at radius 3 is 2.61 bits per heavy atom. The Hall–Kier alpha value is -0.940. The first kappa shape index (κ1) is 15.1. The van der Waals surface area contributed by atoms with E-state index < -0.39 is 0 Å². The highest BCUT2D eigenvalue weighted by molar-refractivity contribution is 9.10. The molecule has 1 rings (SSSR count). The van der Waals surface area contributed by atoms with E-state index in [1.807, 2.05) is 25.9 Å². The van der Waals surface area contributed by atoms with Crippen molar-refractivity contribution >= 4 is 21.8 Å². The maximum absolute atomic E-state index is 12.4. The second-order valence-electron chi connectivity index (χ2n) is 4.59. The number of amides is 1. The van der Waals surface area contributed by atoms with Gasteiger partial charge in [-0.25, -0.2) is 0 Å². The van der Waals surface area contributed by atoms with Gasteiger partial charge in [0.05, 0.1) is 5.56 Å². The van der Waals surface area contributed by atoms with Crippen LogP contribution in [0.4, 0.5) is 0 Å². The fourth-order valence-corrected chi connectivity index (χ4v) is 2.34. The molecule has 1 unspecified atom stereocenters. The van der Waals surface area contributed by atoms with Crippen LogP contribution in [0.1, 0.15) is 24.2 Å². The average molecular weight is 314 g/mol. The molecule has 5 heteroatoms. The number of aromatic nitrogens is 1. The van der Waals surface area contributed by atoms with Gasteiger partial charge in [0.15, 0.2) is 0 Å². The van der Waals surface area contributed by atoms with Gasteiger partial charge in [-0.3, -0.25) is 9.78 Å². The van der Waals surface area contributed by atoms with Gasteiger partial charge in [-0.05, 0) is 49.9 Å². The predicted molar refractivity (Wildman–Crippen MR) is 76.7 cm³/mol. The average Bonchev–Trinajstić information content (AvgIpc) is 2.28. The smallest absolute Gasteiger partial charge is 0.255 e. The zero-order valence-corrected chi connectivity index (χ0v) is 12.9. The first-order chi connectivity index (χ1) is 8.45. The summed E-state index contributed by atoms with van der Waals surface area (Å²) >= 11 is 3.34. The fourth-order valence-electron chi connectivity index (χ4n) is 1.98. The van der Waals surface area contributed by atoms with Crippen LogP contribution in [0, 0.1) is 0 Å². The van der Waals surface area contributed by atoms with Crippen molar-refractivity contribution < 1.29 is 4.79 Å². The lowest BCUT2D eigenvalue weighted by Crippen LogP contribution is -2.43. The summed E-state index contributed by atoms with van der Waals surface area (Å²) in [5.74, 6) is 0.0284. The van der Waals surface area contributed by atoms with Crippen LogP contribution in [-0.2, 0) is 0 Å². The number of carbonyl (C=O) groups excluding carboxylic acids is 1. The van der Waals surface area contributed by atoms with Crippen molar-refractivity contribution in [2.75, 3.05) is 27.2 Å². The van der Waals surface area contributed by atoms with Crippen molar-refractivity contribution in [3.8, 4) is 0 Å². The van der Waals surface area contributed by atoms with E-state index in [-0.39, 0.29) is 11.9 Å². The summed E-state index contributed by atoms with van der Waals surface area (Å²) in [7, 11) is 4.02. The minimum Gasteiger partial charge on any atom is -0.335 e. The number of nitrogens with zero attached hydrogens (tertiary/aromatic N) is 3. The van der Waals surface area contributed by atoms with E-state index in [0.29, 0.717) is 12.1 Å². The van der Waals surface area contributed by atoms with Gasteiger partial charge in [0, 0.05) is 36.0 Å². The van der Waals surface area contributed by atoms with Gasteiger partial charge >= 0.3 is 0 Å². The molecule has 0 saturated heterocycles. The molecule has 0 aliphatic heterocycles. The minimum atomic E-state index is 0.0284. The molecule has 4 nitrogen and oxygen atoms in total. The van der Waals surface area contributed by atoms with E-state index in [9.17, 15) is 4.79 Å². The Labute approximate surface area is 117 Å². The van der Waals surface area contributed by atoms with Crippen molar-refractivity contribution in [2.24, 2.45) is 0 Å². The van der Waals surface area contributed by atoms with Gasteiger partial charge in [-0.1, -0.05) is 0 Å². The Morgan fingerprint density at radius 2 is 2.11 bits per heavy atom. The Bertz CT molecular complexity index is 409. The van der Waals surface area contributed by atoms with Crippen molar-refractivity contribution in [1.29, 1.82) is 0 Å². The van der Waals surface area contributed by atoms with Gasteiger partial charge in [0.25, 0.3) is 5.91 Å². The highest BCUT2D eigenvalue weighted by atomic mass is 79.9. The van der Waals surface area contributed by atoms with Gasteiger partial charge in [-0.15, -0.1) is 0 Å². The van der Waals surface area contributed by atoms with E-state index in [0.717, 1.165) is 11.0 Å². The molecule has 0 aromatic carbocycles. The van der Waals surface area contributed by atoms with Gasteiger partial charge in [-0.2, -0.15) is 0 Å². The van der Waals surface area contributed by atoms with E-state index in [1.165, 1.54) is 0 Å². The van der Waals surface area contributed by atoms with Crippen LogP contribution < -0.4 is 0 Å². The van der Waals surface area contributed by atoms with Crippen molar-refractivity contribution in [1.82, 2.24) is 14.8 Å². The molecular formula is C13H20BrN3O. The molecule has 0 radical (unpaired) electrons. The molecule has 0 fully saturated rings. The van der Waals surface area contributed by atoms with Crippen molar-refractivity contribution in [3.05, 3.63) is 28.5 Å². The summed E-state index contributed by atoms with van der Waals surface area (Å²) in [4.78, 5) is 20.4. The summed E-state index contributed by atoms with van der Waals surface area (Å²) in [6.07, 6.45) is 3.29. The normalized spacial score (nSPS) is 12.6. The van der Waals surface area contributed by atoms with Gasteiger partial charge in [0.1, 0.15) is 0 Å². The lowest BCUT2D eigenvalue weighted by atomic mass is 10.2. The predicted octanol–water partition coefficient (Wildman–Crippen LogP) is 2.26. The number of carbonyl (C=O) groups is 1.